The van der Waals surface area contributed by atoms with E-state index < -0.39 is 0 Å². The number of halogens is 2. The SMILES string of the molecule is CC1=C[N-]c2c3c(ccc2=C1C)=C(C)C(C)=C[N-]3.[Cl-].[Cl-].[Ni]. The quantitative estimate of drug-likeness (QED) is 0.470. The van der Waals surface area contributed by atoms with Crippen LogP contribution in [0.25, 0.3) is 21.8 Å². The summed E-state index contributed by atoms with van der Waals surface area (Å²) in [6, 6.07) is 4.34. The van der Waals surface area contributed by atoms with Crippen LogP contribution < -0.4 is 35.3 Å². The van der Waals surface area contributed by atoms with Crippen molar-refractivity contribution >= 4 is 22.5 Å². The second kappa shape index (κ2) is 7.40. The molecule has 0 N–H and O–H groups in total. The van der Waals surface area contributed by atoms with E-state index in [1.807, 2.05) is 12.4 Å². The van der Waals surface area contributed by atoms with Gasteiger partial charge in [0.25, 0.3) is 0 Å². The fourth-order valence-electron chi connectivity index (χ4n) is 2.39. The zero-order valence-electron chi connectivity index (χ0n) is 12.3. The first-order valence-corrected chi connectivity index (χ1v) is 6.20. The Kier molecular flexibility index (Phi) is 7.09. The molecule has 0 saturated carbocycles. The molecule has 2 aliphatic rings. The molecule has 118 valence electrons. The Morgan fingerprint density at radius 3 is 1.33 bits per heavy atom. The Balaban J connectivity index is 0.00000133. The molecule has 0 aliphatic carbocycles. The molecule has 0 unspecified atom stereocenters. The van der Waals surface area contributed by atoms with Crippen LogP contribution in [0.4, 0.5) is 11.4 Å². The summed E-state index contributed by atoms with van der Waals surface area (Å²) in [7, 11) is 0. The third-order valence-electron chi connectivity index (χ3n) is 3.92. The van der Waals surface area contributed by atoms with E-state index in [1.54, 1.807) is 0 Å². The molecule has 0 aromatic heterocycles. The molecular weight excluding hydrogens is 350 g/mol. The van der Waals surface area contributed by atoms with Crippen LogP contribution in [0, 0.1) is 0 Å². The van der Waals surface area contributed by atoms with Crippen molar-refractivity contribution in [3.63, 3.8) is 0 Å². The molecule has 2 heterocycles. The maximum atomic E-state index is 4.58. The summed E-state index contributed by atoms with van der Waals surface area (Å²) < 4.78 is 0. The van der Waals surface area contributed by atoms with Crippen LogP contribution in [0.15, 0.2) is 35.7 Å². The van der Waals surface area contributed by atoms with Crippen molar-refractivity contribution < 1.29 is 41.3 Å². The van der Waals surface area contributed by atoms with Crippen LogP contribution in [0.2, 0.25) is 0 Å². The summed E-state index contributed by atoms with van der Waals surface area (Å²) in [5.74, 6) is 0. The van der Waals surface area contributed by atoms with E-state index in [9.17, 15) is 0 Å². The van der Waals surface area contributed by atoms with Crippen molar-refractivity contribution in [3.05, 3.63) is 56.7 Å². The Morgan fingerprint density at radius 1 is 0.667 bits per heavy atom. The van der Waals surface area contributed by atoms with Crippen LogP contribution >= 0.6 is 0 Å². The smallest absolute Gasteiger partial charge is 0 e. The van der Waals surface area contributed by atoms with E-state index in [0.717, 1.165) is 11.4 Å². The largest absolute Gasteiger partial charge is 1.00 e. The van der Waals surface area contributed by atoms with Gasteiger partial charge < -0.3 is 35.4 Å². The zero-order chi connectivity index (χ0) is 12.9. The van der Waals surface area contributed by atoms with Gasteiger partial charge in [-0.2, -0.15) is 12.4 Å². The Morgan fingerprint density at radius 2 is 1.00 bits per heavy atom. The van der Waals surface area contributed by atoms with Gasteiger partial charge in [0.1, 0.15) is 0 Å². The number of hydrogen-bond donors (Lipinski definition) is 0. The molecule has 5 heteroatoms. The first-order valence-electron chi connectivity index (χ1n) is 6.20. The third kappa shape index (κ3) is 3.16. The van der Waals surface area contributed by atoms with Gasteiger partial charge in [-0.3, -0.25) is 0 Å². The second-order valence-corrected chi connectivity index (χ2v) is 4.99. The van der Waals surface area contributed by atoms with Crippen LogP contribution in [0.1, 0.15) is 27.7 Å². The fourth-order valence-corrected chi connectivity index (χ4v) is 2.39. The summed E-state index contributed by atoms with van der Waals surface area (Å²) in [6.45, 7) is 8.48. The molecule has 0 atom stereocenters. The minimum absolute atomic E-state index is 0. The fraction of sp³-hybridized carbons (Fsp3) is 0.250. The van der Waals surface area contributed by atoms with Crippen LogP contribution in [0.3, 0.4) is 0 Å². The molecular formula is C16H16Cl2N2Ni-4. The normalized spacial score (nSPS) is 14.7. The van der Waals surface area contributed by atoms with Gasteiger partial charge in [-0.25, -0.2) is 0 Å². The molecule has 0 spiro atoms. The predicted molar refractivity (Wildman–Crippen MR) is 77.4 cm³/mol. The molecule has 1 aromatic carbocycles. The number of allylic oxidation sites excluding steroid dienone is 2. The molecule has 0 fully saturated rings. The van der Waals surface area contributed by atoms with E-state index in [1.165, 1.54) is 32.7 Å². The Bertz CT molecular complexity index is 670. The van der Waals surface area contributed by atoms with Gasteiger partial charge in [-0.1, -0.05) is 23.3 Å². The van der Waals surface area contributed by atoms with E-state index in [-0.39, 0.29) is 41.3 Å². The zero-order valence-corrected chi connectivity index (χ0v) is 14.8. The van der Waals surface area contributed by atoms with Gasteiger partial charge in [-0.15, -0.1) is 11.4 Å². The maximum absolute atomic E-state index is 4.58. The second-order valence-electron chi connectivity index (χ2n) is 4.99. The molecule has 21 heavy (non-hydrogen) atoms. The summed E-state index contributed by atoms with van der Waals surface area (Å²) in [4.78, 5) is 0. The van der Waals surface area contributed by atoms with Crippen molar-refractivity contribution in [2.24, 2.45) is 0 Å². The van der Waals surface area contributed by atoms with Gasteiger partial charge in [0.05, 0.1) is 0 Å². The van der Waals surface area contributed by atoms with Gasteiger partial charge in [0, 0.05) is 16.5 Å². The van der Waals surface area contributed by atoms with Gasteiger partial charge in [0.15, 0.2) is 0 Å². The van der Waals surface area contributed by atoms with E-state index in [4.69, 9.17) is 0 Å². The molecule has 0 amide bonds. The molecule has 2 nitrogen and oxygen atoms in total. The Labute approximate surface area is 148 Å². The number of hydrogen-bond acceptors (Lipinski definition) is 0. The van der Waals surface area contributed by atoms with Crippen molar-refractivity contribution in [1.82, 2.24) is 0 Å². The van der Waals surface area contributed by atoms with Crippen LogP contribution in [0.5, 0.6) is 0 Å². The molecule has 0 radical (unpaired) electrons. The minimum Gasteiger partial charge on any atom is -1.00 e. The number of rotatable bonds is 0. The summed E-state index contributed by atoms with van der Waals surface area (Å²) >= 11 is 0. The van der Waals surface area contributed by atoms with Gasteiger partial charge in [0.2, 0.25) is 0 Å². The van der Waals surface area contributed by atoms with Crippen molar-refractivity contribution in [1.29, 1.82) is 0 Å². The number of benzene rings is 1. The molecule has 3 rings (SSSR count). The van der Waals surface area contributed by atoms with E-state index in [2.05, 4.69) is 50.5 Å². The minimum atomic E-state index is 0. The van der Waals surface area contributed by atoms with Gasteiger partial charge >= 0.3 is 0 Å². The van der Waals surface area contributed by atoms with E-state index in [0.29, 0.717) is 0 Å². The number of fused-ring (bicyclic) bond motifs is 3. The number of nitrogens with zero attached hydrogens (tertiary/aromatic N) is 2. The van der Waals surface area contributed by atoms with Crippen molar-refractivity contribution in [3.8, 4) is 0 Å². The molecule has 0 saturated heterocycles. The van der Waals surface area contributed by atoms with E-state index >= 15 is 0 Å². The van der Waals surface area contributed by atoms with Gasteiger partial charge in [-0.05, 0) is 49.3 Å². The first kappa shape index (κ1) is 20.1. The summed E-state index contributed by atoms with van der Waals surface area (Å²) in [5, 5.41) is 11.6. The standard InChI is InChI=1S/C16H16N2.2ClH.Ni/c1-9-7-17-15-13(11(9)3)5-6-14-12(4)10(2)8-18-16(14)15;;;/h5-8H,1-4H3;2*1H;/q-2;;;/p-2. The van der Waals surface area contributed by atoms with Crippen LogP contribution in [-0.4, -0.2) is 0 Å². The topological polar surface area (TPSA) is 28.2 Å². The maximum Gasteiger partial charge on any atom is 0 e. The predicted octanol–water partition coefficient (Wildman–Crippen LogP) is -2.12. The summed E-state index contributed by atoms with van der Waals surface area (Å²) in [5.41, 5.74) is 7.07. The average molecular weight is 366 g/mol. The average Bonchev–Trinajstić information content (AvgIpc) is 2.38. The molecule has 0 bridgehead atoms. The summed E-state index contributed by atoms with van der Waals surface area (Å²) in [6.07, 6.45) is 3.88. The molecule has 1 aromatic rings. The first-order chi connectivity index (χ1) is 8.59. The van der Waals surface area contributed by atoms with Crippen molar-refractivity contribution in [2.45, 2.75) is 27.7 Å². The Hall–Kier alpha value is -0.886. The third-order valence-corrected chi connectivity index (χ3v) is 3.92. The van der Waals surface area contributed by atoms with Crippen molar-refractivity contribution in [2.75, 3.05) is 0 Å². The molecule has 2 aliphatic heterocycles. The van der Waals surface area contributed by atoms with Crippen LogP contribution in [-0.2, 0) is 16.5 Å². The monoisotopic (exact) mass is 364 g/mol.